The van der Waals surface area contributed by atoms with Gasteiger partial charge in [0.25, 0.3) is 0 Å². The van der Waals surface area contributed by atoms with Crippen LogP contribution >= 0.6 is 0 Å². The van der Waals surface area contributed by atoms with Gasteiger partial charge in [-0.2, -0.15) is 0 Å². The Kier molecular flexibility index (Phi) is 9.19. The zero-order chi connectivity index (χ0) is 19.3. The van der Waals surface area contributed by atoms with Crippen LogP contribution in [0.25, 0.3) is 6.08 Å². The van der Waals surface area contributed by atoms with Crippen LogP contribution in [0.4, 0.5) is 0 Å². The van der Waals surface area contributed by atoms with Crippen molar-refractivity contribution in [3.8, 4) is 5.75 Å². The second-order valence-electron chi connectivity index (χ2n) is 6.80. The van der Waals surface area contributed by atoms with Gasteiger partial charge < -0.3 is 9.84 Å². The summed E-state index contributed by atoms with van der Waals surface area (Å²) >= 11 is 0. The highest BCUT2D eigenvalue weighted by atomic mass is 16.5. The Balaban J connectivity index is 1.71. The van der Waals surface area contributed by atoms with Crippen molar-refractivity contribution in [2.45, 2.75) is 51.9 Å². The Hall–Kier alpha value is -2.55. The quantitative estimate of drug-likeness (QED) is 0.474. The number of carboxylic acid groups (broad SMARTS) is 1. The lowest BCUT2D eigenvalue weighted by Crippen LogP contribution is -1.96. The highest BCUT2D eigenvalue weighted by molar-refractivity contribution is 5.66. The first-order valence-electron chi connectivity index (χ1n) is 9.86. The van der Waals surface area contributed by atoms with Gasteiger partial charge in [-0.05, 0) is 60.6 Å². The van der Waals surface area contributed by atoms with Gasteiger partial charge in [0.1, 0.15) is 12.4 Å². The molecule has 0 radical (unpaired) electrons. The fourth-order valence-electron chi connectivity index (χ4n) is 2.90. The zero-order valence-electron chi connectivity index (χ0n) is 16.2. The average molecular weight is 367 g/mol. The lowest BCUT2D eigenvalue weighted by molar-refractivity contribution is -0.137. The first kappa shape index (κ1) is 20.8. The van der Waals surface area contributed by atoms with Gasteiger partial charge in [0.15, 0.2) is 0 Å². The highest BCUT2D eigenvalue weighted by Crippen LogP contribution is 2.14. The fourth-order valence-corrected chi connectivity index (χ4v) is 2.90. The van der Waals surface area contributed by atoms with Crippen LogP contribution in [-0.4, -0.2) is 17.7 Å². The van der Waals surface area contributed by atoms with Gasteiger partial charge in [0, 0.05) is 6.42 Å². The molecule has 27 heavy (non-hydrogen) atoms. The van der Waals surface area contributed by atoms with Crippen LogP contribution < -0.4 is 4.74 Å². The molecule has 3 nitrogen and oxygen atoms in total. The van der Waals surface area contributed by atoms with Crippen LogP contribution in [0.3, 0.4) is 0 Å². The summed E-state index contributed by atoms with van der Waals surface area (Å²) in [5.41, 5.74) is 3.73. The second kappa shape index (κ2) is 11.9. The van der Waals surface area contributed by atoms with Crippen molar-refractivity contribution in [2.24, 2.45) is 0 Å². The molecule has 144 valence electrons. The van der Waals surface area contributed by atoms with Gasteiger partial charge in [0.05, 0.1) is 0 Å². The molecule has 0 atom stereocenters. The SMILES string of the molecule is CCCCCc1ccc(/C=C/COc2ccc(CCCC(=O)O)cc2)cc1. The average Bonchev–Trinajstić information content (AvgIpc) is 2.67. The van der Waals surface area contributed by atoms with Gasteiger partial charge >= 0.3 is 5.97 Å². The second-order valence-corrected chi connectivity index (χ2v) is 6.80. The third-order valence-electron chi connectivity index (χ3n) is 4.48. The first-order chi connectivity index (χ1) is 13.2. The summed E-state index contributed by atoms with van der Waals surface area (Å²) in [6.45, 7) is 2.75. The minimum atomic E-state index is -0.743. The van der Waals surface area contributed by atoms with E-state index in [1.54, 1.807) is 0 Å². The predicted molar refractivity (Wildman–Crippen MR) is 111 cm³/mol. The van der Waals surface area contributed by atoms with Crippen LogP contribution in [0, 0.1) is 0 Å². The molecule has 0 unspecified atom stereocenters. The molecular weight excluding hydrogens is 336 g/mol. The highest BCUT2D eigenvalue weighted by Gasteiger charge is 1.99. The maximum Gasteiger partial charge on any atom is 0.303 e. The van der Waals surface area contributed by atoms with E-state index >= 15 is 0 Å². The van der Waals surface area contributed by atoms with E-state index in [1.165, 1.54) is 30.4 Å². The van der Waals surface area contributed by atoms with Crippen LogP contribution in [0.2, 0.25) is 0 Å². The first-order valence-corrected chi connectivity index (χ1v) is 9.86. The number of carboxylic acids is 1. The van der Waals surface area contributed by atoms with Crippen molar-refractivity contribution in [3.63, 3.8) is 0 Å². The largest absolute Gasteiger partial charge is 0.490 e. The number of aliphatic carboxylic acids is 1. The molecule has 0 heterocycles. The van der Waals surface area contributed by atoms with Gasteiger partial charge in [0.2, 0.25) is 0 Å². The molecule has 0 amide bonds. The third-order valence-corrected chi connectivity index (χ3v) is 4.48. The van der Waals surface area contributed by atoms with E-state index in [-0.39, 0.29) is 6.42 Å². The van der Waals surface area contributed by atoms with E-state index in [0.29, 0.717) is 13.0 Å². The van der Waals surface area contributed by atoms with E-state index in [9.17, 15) is 4.79 Å². The van der Waals surface area contributed by atoms with Crippen LogP contribution in [0.15, 0.2) is 54.6 Å². The smallest absolute Gasteiger partial charge is 0.303 e. The number of rotatable bonds is 12. The fraction of sp³-hybridized carbons (Fsp3) is 0.375. The van der Waals surface area contributed by atoms with Crippen molar-refractivity contribution in [3.05, 3.63) is 71.3 Å². The molecule has 2 rings (SSSR count). The molecule has 0 aliphatic rings. The van der Waals surface area contributed by atoms with E-state index in [2.05, 4.69) is 37.3 Å². The van der Waals surface area contributed by atoms with Crippen LogP contribution in [0.5, 0.6) is 5.75 Å². The molecule has 1 N–H and O–H groups in total. The maximum atomic E-state index is 10.5. The molecule has 0 saturated carbocycles. The number of benzene rings is 2. The van der Waals surface area contributed by atoms with Gasteiger partial charge in [-0.15, -0.1) is 0 Å². The summed E-state index contributed by atoms with van der Waals surface area (Å²) in [7, 11) is 0. The molecule has 0 aromatic heterocycles. The molecular formula is C24H30O3. The van der Waals surface area contributed by atoms with Crippen molar-refractivity contribution in [1.82, 2.24) is 0 Å². The number of ether oxygens (including phenoxy) is 1. The molecule has 2 aromatic carbocycles. The minimum absolute atomic E-state index is 0.211. The summed E-state index contributed by atoms with van der Waals surface area (Å²) in [6, 6.07) is 16.6. The Morgan fingerprint density at radius 2 is 1.56 bits per heavy atom. The number of hydrogen-bond acceptors (Lipinski definition) is 2. The Bertz CT molecular complexity index is 699. The molecule has 2 aromatic rings. The molecule has 0 bridgehead atoms. The summed E-state index contributed by atoms with van der Waals surface area (Å²) in [6.07, 6.45) is 10.7. The Morgan fingerprint density at radius 3 is 2.19 bits per heavy atom. The van der Waals surface area contributed by atoms with Crippen molar-refractivity contribution >= 4 is 12.0 Å². The molecule has 0 saturated heterocycles. The molecule has 0 aliphatic heterocycles. The molecule has 0 spiro atoms. The van der Waals surface area contributed by atoms with Crippen molar-refractivity contribution < 1.29 is 14.6 Å². The van der Waals surface area contributed by atoms with E-state index < -0.39 is 5.97 Å². The summed E-state index contributed by atoms with van der Waals surface area (Å²) in [5, 5.41) is 8.67. The third kappa shape index (κ3) is 8.59. The number of carbonyl (C=O) groups is 1. The topological polar surface area (TPSA) is 46.5 Å². The van der Waals surface area contributed by atoms with Crippen molar-refractivity contribution in [2.75, 3.05) is 6.61 Å². The standard InChI is InChI=1S/C24H30O3/c1-2-3-4-7-20-11-13-22(14-12-20)9-6-19-27-23-17-15-21(16-18-23)8-5-10-24(25)26/h6,9,11-18H,2-5,7-8,10,19H2,1H3,(H,25,26)/b9-6+. The molecule has 0 aliphatic carbocycles. The monoisotopic (exact) mass is 366 g/mol. The lowest BCUT2D eigenvalue weighted by atomic mass is 10.1. The normalized spacial score (nSPS) is 11.0. The number of hydrogen-bond donors (Lipinski definition) is 1. The predicted octanol–water partition coefficient (Wildman–Crippen LogP) is 5.92. The van der Waals surface area contributed by atoms with E-state index in [4.69, 9.17) is 9.84 Å². The minimum Gasteiger partial charge on any atom is -0.490 e. The zero-order valence-corrected chi connectivity index (χ0v) is 16.2. The van der Waals surface area contributed by atoms with Crippen LogP contribution in [-0.2, 0) is 17.6 Å². The molecule has 3 heteroatoms. The summed E-state index contributed by atoms with van der Waals surface area (Å²) in [5.74, 6) is 0.0841. The van der Waals surface area contributed by atoms with E-state index in [0.717, 1.165) is 24.2 Å². The number of aryl methyl sites for hydroxylation is 2. The summed E-state index contributed by atoms with van der Waals surface area (Å²) in [4.78, 5) is 10.5. The summed E-state index contributed by atoms with van der Waals surface area (Å²) < 4.78 is 5.73. The van der Waals surface area contributed by atoms with Gasteiger partial charge in [-0.1, -0.05) is 62.2 Å². The Morgan fingerprint density at radius 1 is 0.926 bits per heavy atom. The Labute approximate surface area is 162 Å². The van der Waals surface area contributed by atoms with Crippen LogP contribution in [0.1, 0.15) is 55.7 Å². The van der Waals surface area contributed by atoms with Gasteiger partial charge in [-0.25, -0.2) is 0 Å². The van der Waals surface area contributed by atoms with Gasteiger partial charge in [-0.3, -0.25) is 4.79 Å². The molecule has 0 fully saturated rings. The lowest BCUT2D eigenvalue weighted by Gasteiger charge is -2.05. The maximum absolute atomic E-state index is 10.5. The van der Waals surface area contributed by atoms with Crippen molar-refractivity contribution in [1.29, 1.82) is 0 Å². The number of unbranched alkanes of at least 4 members (excludes halogenated alkanes) is 2. The van der Waals surface area contributed by atoms with E-state index in [1.807, 2.05) is 30.3 Å².